The van der Waals surface area contributed by atoms with Crippen LogP contribution in [-0.4, -0.2) is 4.55 Å². The highest BCUT2D eigenvalue weighted by molar-refractivity contribution is 9.10. The van der Waals surface area contributed by atoms with Crippen LogP contribution in [0.2, 0.25) is 0 Å². The Labute approximate surface area is 79.2 Å². The SMILES string of the molecule is CCc1ccc(SO)c(Br)c1. The fraction of sp³-hybridized carbons (Fsp3) is 0.250. The molecule has 1 rings (SSSR count). The molecule has 0 saturated carbocycles. The second kappa shape index (κ2) is 4.14. The van der Waals surface area contributed by atoms with Gasteiger partial charge in [-0.2, -0.15) is 0 Å². The minimum Gasteiger partial charge on any atom is -0.325 e. The normalized spacial score (nSPS) is 10.1. The molecule has 0 unspecified atom stereocenters. The first-order valence-electron chi connectivity index (χ1n) is 3.37. The second-order valence-corrected chi connectivity index (χ2v) is 3.69. The summed E-state index contributed by atoms with van der Waals surface area (Å²) in [6.45, 7) is 2.10. The molecule has 1 nitrogen and oxygen atoms in total. The molecule has 3 heteroatoms. The van der Waals surface area contributed by atoms with Crippen LogP contribution < -0.4 is 0 Å². The van der Waals surface area contributed by atoms with Gasteiger partial charge in [0, 0.05) is 21.4 Å². The molecule has 0 aliphatic heterocycles. The fourth-order valence-corrected chi connectivity index (χ4v) is 1.76. The van der Waals surface area contributed by atoms with Gasteiger partial charge in [-0.1, -0.05) is 13.0 Å². The summed E-state index contributed by atoms with van der Waals surface area (Å²) in [7, 11) is 0. The van der Waals surface area contributed by atoms with Crippen molar-refractivity contribution in [3.05, 3.63) is 28.2 Å². The molecule has 11 heavy (non-hydrogen) atoms. The second-order valence-electron chi connectivity index (χ2n) is 2.21. The number of hydrogen-bond acceptors (Lipinski definition) is 2. The highest BCUT2D eigenvalue weighted by atomic mass is 79.9. The molecule has 0 spiro atoms. The van der Waals surface area contributed by atoms with Crippen molar-refractivity contribution in [2.45, 2.75) is 18.2 Å². The summed E-state index contributed by atoms with van der Waals surface area (Å²) >= 11 is 4.13. The van der Waals surface area contributed by atoms with Crippen LogP contribution in [0.25, 0.3) is 0 Å². The lowest BCUT2D eigenvalue weighted by Crippen LogP contribution is -1.80. The highest BCUT2D eigenvalue weighted by Gasteiger charge is 1.99. The van der Waals surface area contributed by atoms with E-state index < -0.39 is 0 Å². The molecule has 0 radical (unpaired) electrons. The minimum absolute atomic E-state index is 0.768. The first kappa shape index (κ1) is 9.10. The Kier molecular flexibility index (Phi) is 3.43. The van der Waals surface area contributed by atoms with Crippen molar-refractivity contribution in [1.82, 2.24) is 0 Å². The van der Waals surface area contributed by atoms with Crippen LogP contribution in [-0.2, 0) is 6.42 Å². The third-order valence-electron chi connectivity index (χ3n) is 1.50. The van der Waals surface area contributed by atoms with Crippen molar-refractivity contribution < 1.29 is 4.55 Å². The zero-order valence-electron chi connectivity index (χ0n) is 6.17. The van der Waals surface area contributed by atoms with Crippen molar-refractivity contribution in [3.63, 3.8) is 0 Å². The minimum atomic E-state index is 0.768. The lowest BCUT2D eigenvalue weighted by Gasteiger charge is -2.01. The fourth-order valence-electron chi connectivity index (χ4n) is 0.838. The summed E-state index contributed by atoms with van der Waals surface area (Å²) in [5.74, 6) is 0. The van der Waals surface area contributed by atoms with Crippen molar-refractivity contribution >= 4 is 28.0 Å². The molecular weight excluding hydrogens is 224 g/mol. The van der Waals surface area contributed by atoms with Gasteiger partial charge in [0.1, 0.15) is 0 Å². The van der Waals surface area contributed by atoms with Crippen molar-refractivity contribution in [2.75, 3.05) is 0 Å². The van der Waals surface area contributed by atoms with E-state index in [-0.39, 0.29) is 0 Å². The van der Waals surface area contributed by atoms with E-state index in [2.05, 4.69) is 22.9 Å². The predicted octanol–water partition coefficient (Wildman–Crippen LogP) is 3.58. The van der Waals surface area contributed by atoms with Gasteiger partial charge in [0.2, 0.25) is 0 Å². The molecule has 0 aliphatic rings. The number of rotatable bonds is 2. The molecular formula is C8H9BrOS. The van der Waals surface area contributed by atoms with Gasteiger partial charge in [0.15, 0.2) is 0 Å². The average molecular weight is 233 g/mol. The molecule has 1 aromatic carbocycles. The summed E-state index contributed by atoms with van der Waals surface area (Å²) in [5.41, 5.74) is 1.27. The van der Waals surface area contributed by atoms with Crippen LogP contribution in [0, 0.1) is 0 Å². The smallest absolute Gasteiger partial charge is 0.0493 e. The van der Waals surface area contributed by atoms with Gasteiger partial charge >= 0.3 is 0 Å². The standard InChI is InChI=1S/C8H9BrOS/c1-2-6-3-4-8(11-10)7(9)5-6/h3-5,10H,2H2,1H3. The zero-order chi connectivity index (χ0) is 8.27. The lowest BCUT2D eigenvalue weighted by atomic mass is 10.2. The Morgan fingerprint density at radius 3 is 2.73 bits per heavy atom. The molecule has 0 aliphatic carbocycles. The number of benzene rings is 1. The Morgan fingerprint density at radius 1 is 1.55 bits per heavy atom. The first-order valence-corrected chi connectivity index (χ1v) is 4.94. The molecule has 0 heterocycles. The molecule has 0 fully saturated rings. The molecule has 1 aromatic rings. The quantitative estimate of drug-likeness (QED) is 0.788. The molecule has 1 N–H and O–H groups in total. The maximum absolute atomic E-state index is 8.77. The Hall–Kier alpha value is 0.01000. The Balaban J connectivity index is 2.99. The van der Waals surface area contributed by atoms with Crippen LogP contribution >= 0.6 is 28.0 Å². The van der Waals surface area contributed by atoms with E-state index in [0.29, 0.717) is 0 Å². The van der Waals surface area contributed by atoms with Crippen LogP contribution in [0.1, 0.15) is 12.5 Å². The van der Waals surface area contributed by atoms with Gasteiger partial charge in [-0.25, -0.2) is 0 Å². The van der Waals surface area contributed by atoms with Crippen molar-refractivity contribution in [3.8, 4) is 0 Å². The topological polar surface area (TPSA) is 20.2 Å². The third-order valence-corrected chi connectivity index (χ3v) is 2.97. The van der Waals surface area contributed by atoms with Crippen molar-refractivity contribution in [1.29, 1.82) is 0 Å². The summed E-state index contributed by atoms with van der Waals surface area (Å²) in [5, 5.41) is 0. The largest absolute Gasteiger partial charge is 0.325 e. The van der Waals surface area contributed by atoms with Gasteiger partial charge in [-0.05, 0) is 40.0 Å². The van der Waals surface area contributed by atoms with E-state index in [0.717, 1.165) is 27.8 Å². The van der Waals surface area contributed by atoms with E-state index in [4.69, 9.17) is 4.55 Å². The van der Waals surface area contributed by atoms with Gasteiger partial charge in [0.25, 0.3) is 0 Å². The Bertz CT molecular complexity index is 250. The van der Waals surface area contributed by atoms with Crippen LogP contribution in [0.15, 0.2) is 27.6 Å². The maximum Gasteiger partial charge on any atom is 0.0493 e. The maximum atomic E-state index is 8.77. The average Bonchev–Trinajstić information content (AvgIpc) is 2.04. The van der Waals surface area contributed by atoms with E-state index in [9.17, 15) is 0 Å². The molecule has 0 bridgehead atoms. The first-order chi connectivity index (χ1) is 5.27. The van der Waals surface area contributed by atoms with E-state index in [1.807, 2.05) is 18.2 Å². The number of halogens is 1. The lowest BCUT2D eigenvalue weighted by molar-refractivity contribution is 0.663. The van der Waals surface area contributed by atoms with Crippen molar-refractivity contribution in [2.24, 2.45) is 0 Å². The van der Waals surface area contributed by atoms with E-state index in [1.54, 1.807) is 0 Å². The summed E-state index contributed by atoms with van der Waals surface area (Å²) < 4.78 is 9.73. The molecule has 60 valence electrons. The van der Waals surface area contributed by atoms with Crippen LogP contribution in [0.4, 0.5) is 0 Å². The molecule has 0 atom stereocenters. The van der Waals surface area contributed by atoms with E-state index in [1.165, 1.54) is 5.56 Å². The van der Waals surface area contributed by atoms with Crippen LogP contribution in [0.3, 0.4) is 0 Å². The van der Waals surface area contributed by atoms with Gasteiger partial charge in [0.05, 0.1) is 0 Å². The molecule has 0 aromatic heterocycles. The third kappa shape index (κ3) is 2.22. The predicted molar refractivity (Wildman–Crippen MR) is 52.0 cm³/mol. The van der Waals surface area contributed by atoms with Gasteiger partial charge in [-0.3, -0.25) is 0 Å². The molecule has 0 saturated heterocycles. The monoisotopic (exact) mass is 232 g/mol. The molecule has 0 amide bonds. The number of hydrogen-bond donors (Lipinski definition) is 1. The highest BCUT2D eigenvalue weighted by Crippen LogP contribution is 2.26. The van der Waals surface area contributed by atoms with Gasteiger partial charge < -0.3 is 4.55 Å². The van der Waals surface area contributed by atoms with E-state index >= 15 is 0 Å². The summed E-state index contributed by atoms with van der Waals surface area (Å²) in [6, 6.07) is 5.95. The summed E-state index contributed by atoms with van der Waals surface area (Å²) in [6.07, 6.45) is 1.02. The summed E-state index contributed by atoms with van der Waals surface area (Å²) in [4.78, 5) is 0.863. The van der Waals surface area contributed by atoms with Crippen LogP contribution in [0.5, 0.6) is 0 Å². The Morgan fingerprint density at radius 2 is 2.27 bits per heavy atom. The zero-order valence-corrected chi connectivity index (χ0v) is 8.58. The van der Waals surface area contributed by atoms with Gasteiger partial charge in [-0.15, -0.1) is 0 Å². The number of aryl methyl sites for hydroxylation is 1.